The van der Waals surface area contributed by atoms with Crippen molar-refractivity contribution in [2.24, 2.45) is 5.73 Å². The first-order valence-corrected chi connectivity index (χ1v) is 6.83. The molecule has 3 heteroatoms. The van der Waals surface area contributed by atoms with Crippen LogP contribution in [-0.2, 0) is 6.54 Å². The molecule has 1 unspecified atom stereocenters. The van der Waals surface area contributed by atoms with Crippen molar-refractivity contribution >= 4 is 5.69 Å². The van der Waals surface area contributed by atoms with Crippen molar-refractivity contribution in [1.29, 1.82) is 0 Å². The summed E-state index contributed by atoms with van der Waals surface area (Å²) in [4.78, 5) is 4.83. The number of aryl methyl sites for hydroxylation is 1. The molecule has 1 aliphatic heterocycles. The second-order valence-corrected chi connectivity index (χ2v) is 5.59. The topological polar surface area (TPSA) is 32.5 Å². The molecule has 0 radical (unpaired) electrons. The molecule has 0 bridgehead atoms. The van der Waals surface area contributed by atoms with E-state index in [-0.39, 0.29) is 0 Å². The van der Waals surface area contributed by atoms with Crippen LogP contribution in [0.25, 0.3) is 0 Å². The van der Waals surface area contributed by atoms with E-state index in [4.69, 9.17) is 5.73 Å². The minimum Gasteiger partial charge on any atom is -0.367 e. The molecule has 3 nitrogen and oxygen atoms in total. The van der Waals surface area contributed by atoms with E-state index >= 15 is 0 Å². The first-order valence-electron chi connectivity index (χ1n) is 6.83. The summed E-state index contributed by atoms with van der Waals surface area (Å²) in [5.41, 5.74) is 9.81. The van der Waals surface area contributed by atoms with Gasteiger partial charge in [-0.05, 0) is 51.1 Å². The molecule has 1 aromatic rings. The van der Waals surface area contributed by atoms with Crippen molar-refractivity contribution in [2.75, 3.05) is 32.1 Å². The molecule has 0 aromatic heterocycles. The fraction of sp³-hybridized carbons (Fsp3) is 0.600. The van der Waals surface area contributed by atoms with E-state index in [0.29, 0.717) is 12.6 Å². The Morgan fingerprint density at radius 2 is 2.17 bits per heavy atom. The van der Waals surface area contributed by atoms with Gasteiger partial charge < -0.3 is 15.5 Å². The van der Waals surface area contributed by atoms with Gasteiger partial charge in [0.05, 0.1) is 0 Å². The van der Waals surface area contributed by atoms with Gasteiger partial charge in [-0.25, -0.2) is 0 Å². The van der Waals surface area contributed by atoms with E-state index < -0.39 is 0 Å². The molecule has 2 rings (SSSR count). The molecule has 1 heterocycles. The van der Waals surface area contributed by atoms with E-state index in [1.54, 1.807) is 0 Å². The molecule has 1 atom stereocenters. The molecule has 1 aromatic carbocycles. The number of nitrogens with two attached hydrogens (primary N) is 1. The summed E-state index contributed by atoms with van der Waals surface area (Å²) in [6.07, 6.45) is 2.58. The predicted octanol–water partition coefficient (Wildman–Crippen LogP) is 1.98. The van der Waals surface area contributed by atoms with Gasteiger partial charge in [-0.15, -0.1) is 0 Å². The van der Waals surface area contributed by atoms with Gasteiger partial charge >= 0.3 is 0 Å². The van der Waals surface area contributed by atoms with Crippen LogP contribution in [0.15, 0.2) is 18.2 Å². The van der Waals surface area contributed by atoms with Crippen LogP contribution in [-0.4, -0.2) is 38.1 Å². The molecule has 0 spiro atoms. The monoisotopic (exact) mass is 247 g/mol. The lowest BCUT2D eigenvalue weighted by molar-refractivity contribution is 0.372. The van der Waals surface area contributed by atoms with Gasteiger partial charge in [0.2, 0.25) is 0 Å². The maximum absolute atomic E-state index is 5.88. The second-order valence-electron chi connectivity index (χ2n) is 5.59. The Kier molecular flexibility index (Phi) is 4.25. The lowest BCUT2D eigenvalue weighted by Crippen LogP contribution is -2.38. The zero-order chi connectivity index (χ0) is 13.1. The Bertz CT molecular complexity index is 401. The molecule has 1 aliphatic rings. The fourth-order valence-electron chi connectivity index (χ4n) is 2.88. The Morgan fingerprint density at radius 3 is 2.83 bits per heavy atom. The Morgan fingerprint density at radius 1 is 1.39 bits per heavy atom. The van der Waals surface area contributed by atoms with Gasteiger partial charge in [-0.1, -0.05) is 12.1 Å². The summed E-state index contributed by atoms with van der Waals surface area (Å²) in [6, 6.07) is 7.25. The molecular weight excluding hydrogens is 222 g/mol. The number of anilines is 1. The minimum absolute atomic E-state index is 0.626. The maximum Gasteiger partial charge on any atom is 0.0417 e. The molecule has 1 fully saturated rings. The number of hydrogen-bond acceptors (Lipinski definition) is 3. The van der Waals surface area contributed by atoms with Crippen LogP contribution in [0.5, 0.6) is 0 Å². The average molecular weight is 247 g/mol. The summed E-state index contributed by atoms with van der Waals surface area (Å²) >= 11 is 0. The lowest BCUT2D eigenvalue weighted by Gasteiger charge is -2.31. The van der Waals surface area contributed by atoms with Crippen molar-refractivity contribution in [3.05, 3.63) is 29.3 Å². The van der Waals surface area contributed by atoms with Crippen LogP contribution < -0.4 is 10.6 Å². The zero-order valence-corrected chi connectivity index (χ0v) is 11.8. The maximum atomic E-state index is 5.88. The van der Waals surface area contributed by atoms with Gasteiger partial charge in [-0.2, -0.15) is 0 Å². The Balaban J connectivity index is 2.26. The largest absolute Gasteiger partial charge is 0.367 e. The van der Waals surface area contributed by atoms with Gasteiger partial charge in [0, 0.05) is 31.4 Å². The van der Waals surface area contributed by atoms with Crippen LogP contribution in [0.1, 0.15) is 24.0 Å². The highest BCUT2D eigenvalue weighted by Gasteiger charge is 2.26. The third-order valence-corrected chi connectivity index (χ3v) is 3.72. The quantitative estimate of drug-likeness (QED) is 0.883. The summed E-state index contributed by atoms with van der Waals surface area (Å²) in [5.74, 6) is 0. The van der Waals surface area contributed by atoms with Crippen molar-refractivity contribution in [3.8, 4) is 0 Å². The molecule has 0 aliphatic carbocycles. The van der Waals surface area contributed by atoms with Gasteiger partial charge in [0.25, 0.3) is 0 Å². The molecule has 0 saturated carbocycles. The number of likely N-dealkylation sites (N-methyl/N-ethyl adjacent to an activating group) is 1. The predicted molar refractivity (Wildman–Crippen MR) is 78.0 cm³/mol. The van der Waals surface area contributed by atoms with Crippen molar-refractivity contribution in [3.63, 3.8) is 0 Å². The fourth-order valence-corrected chi connectivity index (χ4v) is 2.88. The lowest BCUT2D eigenvalue weighted by atomic mass is 10.1. The third-order valence-electron chi connectivity index (χ3n) is 3.72. The Labute approximate surface area is 111 Å². The van der Waals surface area contributed by atoms with Crippen LogP contribution in [0.4, 0.5) is 5.69 Å². The number of rotatable bonds is 4. The van der Waals surface area contributed by atoms with Gasteiger partial charge in [0.1, 0.15) is 0 Å². The normalized spacial score (nSPS) is 19.8. The molecule has 1 saturated heterocycles. The molecule has 100 valence electrons. The van der Waals surface area contributed by atoms with E-state index in [9.17, 15) is 0 Å². The smallest absolute Gasteiger partial charge is 0.0417 e. The zero-order valence-electron chi connectivity index (χ0n) is 11.8. The number of benzene rings is 1. The van der Waals surface area contributed by atoms with Crippen LogP contribution >= 0.6 is 0 Å². The highest BCUT2D eigenvalue weighted by molar-refractivity contribution is 5.57. The molecule has 0 amide bonds. The van der Waals surface area contributed by atoms with Crippen LogP contribution in [0.3, 0.4) is 0 Å². The highest BCUT2D eigenvalue weighted by Crippen LogP contribution is 2.29. The summed E-state index contributed by atoms with van der Waals surface area (Å²) in [5, 5.41) is 0. The first kappa shape index (κ1) is 13.4. The first-order chi connectivity index (χ1) is 8.61. The van der Waals surface area contributed by atoms with E-state index in [1.807, 2.05) is 0 Å². The molecule has 2 N–H and O–H groups in total. The minimum atomic E-state index is 0.626. The highest BCUT2D eigenvalue weighted by atomic mass is 15.2. The average Bonchev–Trinajstić information content (AvgIpc) is 2.76. The van der Waals surface area contributed by atoms with Crippen LogP contribution in [0, 0.1) is 6.92 Å². The standard InChI is InChI=1S/C15H25N3/c1-12-6-7-13(10-16)15(9-12)18-8-4-5-14(18)11-17(2)3/h6-7,9,14H,4-5,8,10-11,16H2,1-3H3. The second kappa shape index (κ2) is 5.72. The van der Waals surface area contributed by atoms with Gasteiger partial charge in [0.15, 0.2) is 0 Å². The number of hydrogen-bond donors (Lipinski definition) is 1. The van der Waals surface area contributed by atoms with Crippen LogP contribution in [0.2, 0.25) is 0 Å². The van der Waals surface area contributed by atoms with Crippen molar-refractivity contribution in [1.82, 2.24) is 4.90 Å². The van der Waals surface area contributed by atoms with Crippen molar-refractivity contribution in [2.45, 2.75) is 32.4 Å². The third kappa shape index (κ3) is 2.85. The summed E-state index contributed by atoms with van der Waals surface area (Å²) < 4.78 is 0. The molecular formula is C15H25N3. The SMILES string of the molecule is Cc1ccc(CN)c(N2CCCC2CN(C)C)c1. The number of nitrogens with zero attached hydrogens (tertiary/aromatic N) is 2. The van der Waals surface area contributed by atoms with E-state index in [2.05, 4.69) is 49.0 Å². The van der Waals surface area contributed by atoms with Crippen molar-refractivity contribution < 1.29 is 0 Å². The Hall–Kier alpha value is -1.06. The summed E-state index contributed by atoms with van der Waals surface area (Å²) in [6.45, 7) is 5.06. The summed E-state index contributed by atoms with van der Waals surface area (Å²) in [7, 11) is 4.30. The van der Waals surface area contributed by atoms with E-state index in [0.717, 1.165) is 13.1 Å². The van der Waals surface area contributed by atoms with E-state index in [1.165, 1.54) is 29.7 Å². The molecule has 18 heavy (non-hydrogen) atoms. The van der Waals surface area contributed by atoms with Gasteiger partial charge in [-0.3, -0.25) is 0 Å².